The summed E-state index contributed by atoms with van der Waals surface area (Å²) in [6, 6.07) is 3.63. The van der Waals surface area contributed by atoms with E-state index in [9.17, 15) is 22.8 Å². The SMILES string of the molecule is CC1=C(C(N)=O)SC(n2cnn(CCCC(F)(F)F)c2=O)N1Cc1cccnc1. The number of thioether (sulfide) groups is 1. The summed E-state index contributed by atoms with van der Waals surface area (Å²) < 4.78 is 39.3. The van der Waals surface area contributed by atoms with Crippen LogP contribution < -0.4 is 11.4 Å². The molecule has 2 N–H and O–H groups in total. The Morgan fingerprint density at radius 3 is 2.76 bits per heavy atom. The van der Waals surface area contributed by atoms with Crippen LogP contribution in [0.15, 0.2) is 46.3 Å². The second-order valence-corrected chi connectivity index (χ2v) is 7.54. The van der Waals surface area contributed by atoms with E-state index in [1.54, 1.807) is 25.4 Å². The van der Waals surface area contributed by atoms with E-state index in [4.69, 9.17) is 5.73 Å². The molecule has 0 spiro atoms. The van der Waals surface area contributed by atoms with Gasteiger partial charge in [0.2, 0.25) is 0 Å². The van der Waals surface area contributed by atoms with Crippen molar-refractivity contribution in [2.45, 2.75) is 44.5 Å². The first-order valence-electron chi connectivity index (χ1n) is 8.71. The van der Waals surface area contributed by atoms with Crippen LogP contribution in [0.3, 0.4) is 0 Å². The minimum absolute atomic E-state index is 0.152. The van der Waals surface area contributed by atoms with Crippen LogP contribution in [-0.2, 0) is 17.9 Å². The fourth-order valence-corrected chi connectivity index (χ4v) is 4.20. The molecule has 3 rings (SSSR count). The smallest absolute Gasteiger partial charge is 0.365 e. The number of nitrogens with zero attached hydrogens (tertiary/aromatic N) is 5. The molecule has 0 saturated heterocycles. The predicted octanol–water partition coefficient (Wildman–Crippen LogP) is 2.20. The summed E-state index contributed by atoms with van der Waals surface area (Å²) in [6.45, 7) is 1.93. The van der Waals surface area contributed by atoms with Crippen molar-refractivity contribution >= 4 is 17.7 Å². The molecule has 2 aromatic heterocycles. The molecule has 0 fully saturated rings. The highest BCUT2D eigenvalue weighted by Gasteiger charge is 2.35. The van der Waals surface area contributed by atoms with Gasteiger partial charge in [-0.2, -0.15) is 18.3 Å². The van der Waals surface area contributed by atoms with E-state index in [0.717, 1.165) is 22.0 Å². The van der Waals surface area contributed by atoms with E-state index in [1.807, 2.05) is 11.0 Å². The van der Waals surface area contributed by atoms with Crippen molar-refractivity contribution in [2.24, 2.45) is 5.73 Å². The van der Waals surface area contributed by atoms with Gasteiger partial charge in [-0.05, 0) is 25.0 Å². The summed E-state index contributed by atoms with van der Waals surface area (Å²) in [5.41, 5.74) is 5.73. The molecule has 0 aromatic carbocycles. The van der Waals surface area contributed by atoms with Crippen LogP contribution in [-0.4, -0.2) is 36.3 Å². The van der Waals surface area contributed by atoms with Crippen LogP contribution in [0.4, 0.5) is 13.2 Å². The topological polar surface area (TPSA) is 99.0 Å². The van der Waals surface area contributed by atoms with Crippen LogP contribution >= 0.6 is 11.8 Å². The van der Waals surface area contributed by atoms with Gasteiger partial charge >= 0.3 is 11.9 Å². The normalized spacial score (nSPS) is 17.2. The van der Waals surface area contributed by atoms with E-state index >= 15 is 0 Å². The molecular weight excluding hydrogens is 409 g/mol. The summed E-state index contributed by atoms with van der Waals surface area (Å²) in [6.07, 6.45) is -0.967. The van der Waals surface area contributed by atoms with Crippen LogP contribution in [0, 0.1) is 0 Å². The maximum Gasteiger partial charge on any atom is 0.389 e. The fraction of sp³-hybridized carbons (Fsp3) is 0.412. The van der Waals surface area contributed by atoms with Crippen LogP contribution in [0.25, 0.3) is 0 Å². The van der Waals surface area contributed by atoms with Gasteiger partial charge in [0.25, 0.3) is 5.91 Å². The van der Waals surface area contributed by atoms with Crippen molar-refractivity contribution in [3.8, 4) is 0 Å². The fourth-order valence-electron chi connectivity index (χ4n) is 2.96. The Morgan fingerprint density at radius 2 is 2.14 bits per heavy atom. The Morgan fingerprint density at radius 1 is 1.38 bits per heavy atom. The molecule has 12 heteroatoms. The first kappa shape index (κ1) is 21.0. The largest absolute Gasteiger partial charge is 0.389 e. The maximum atomic E-state index is 12.7. The van der Waals surface area contributed by atoms with E-state index in [-0.39, 0.29) is 13.0 Å². The Bertz CT molecular complexity index is 970. The van der Waals surface area contributed by atoms with Gasteiger partial charge in [0.1, 0.15) is 6.33 Å². The van der Waals surface area contributed by atoms with Gasteiger partial charge in [-0.1, -0.05) is 17.8 Å². The lowest BCUT2D eigenvalue weighted by Crippen LogP contribution is -2.33. The Kier molecular flexibility index (Phi) is 6.01. The molecule has 156 valence electrons. The van der Waals surface area contributed by atoms with Crippen molar-refractivity contribution in [1.82, 2.24) is 24.2 Å². The second kappa shape index (κ2) is 8.31. The predicted molar refractivity (Wildman–Crippen MR) is 100 cm³/mol. The molecule has 0 aliphatic carbocycles. The molecule has 2 aromatic rings. The zero-order valence-corrected chi connectivity index (χ0v) is 16.3. The van der Waals surface area contributed by atoms with Crippen LogP contribution in [0.2, 0.25) is 0 Å². The number of hydrogen-bond acceptors (Lipinski definition) is 6. The lowest BCUT2D eigenvalue weighted by Gasteiger charge is -2.27. The molecule has 29 heavy (non-hydrogen) atoms. The number of nitrogens with two attached hydrogens (primary N) is 1. The number of carbonyl (C=O) groups excluding carboxylic acids is 1. The van der Waals surface area contributed by atoms with Gasteiger partial charge in [-0.3, -0.25) is 14.3 Å². The average molecular weight is 428 g/mol. The summed E-state index contributed by atoms with van der Waals surface area (Å²) in [5, 5.41) is 3.93. The number of amides is 1. The molecule has 1 atom stereocenters. The number of allylic oxidation sites excluding steroid dienone is 1. The molecule has 1 unspecified atom stereocenters. The van der Waals surface area contributed by atoms with Crippen LogP contribution in [0.1, 0.15) is 30.8 Å². The standard InChI is InChI=1S/C17H19F3N6O2S/c1-11-13(14(21)27)29-16(24(11)9-12-4-2-6-22-8-12)25-10-23-26(15(25)28)7-3-5-17(18,19)20/h2,4,6,8,10,16H,3,5,7,9H2,1H3,(H2,21,27). The molecule has 1 aliphatic rings. The molecular formula is C17H19F3N6O2S. The molecule has 0 radical (unpaired) electrons. The number of hydrogen-bond donors (Lipinski definition) is 1. The molecule has 1 amide bonds. The third-order valence-corrected chi connectivity index (χ3v) is 5.80. The van der Waals surface area contributed by atoms with Gasteiger partial charge < -0.3 is 10.6 Å². The number of carbonyl (C=O) groups is 1. The zero-order chi connectivity index (χ0) is 21.2. The highest BCUT2D eigenvalue weighted by molar-refractivity contribution is 8.04. The first-order chi connectivity index (χ1) is 13.7. The third kappa shape index (κ3) is 4.81. The Balaban J connectivity index is 1.84. The van der Waals surface area contributed by atoms with Crippen molar-refractivity contribution in [2.75, 3.05) is 0 Å². The number of halogens is 3. The van der Waals surface area contributed by atoms with Crippen molar-refractivity contribution < 1.29 is 18.0 Å². The monoisotopic (exact) mass is 428 g/mol. The van der Waals surface area contributed by atoms with E-state index in [1.165, 1.54) is 10.9 Å². The average Bonchev–Trinajstić information content (AvgIpc) is 3.16. The van der Waals surface area contributed by atoms with Crippen LogP contribution in [0.5, 0.6) is 0 Å². The van der Waals surface area contributed by atoms with Gasteiger partial charge in [-0.15, -0.1) is 0 Å². The lowest BCUT2D eigenvalue weighted by molar-refractivity contribution is -0.136. The van der Waals surface area contributed by atoms with Gasteiger partial charge in [-0.25, -0.2) is 9.48 Å². The summed E-state index contributed by atoms with van der Waals surface area (Å²) >= 11 is 1.10. The van der Waals surface area contributed by atoms with E-state index in [0.29, 0.717) is 17.1 Å². The number of primary amides is 1. The number of aryl methyl sites for hydroxylation is 1. The third-order valence-electron chi connectivity index (χ3n) is 4.37. The summed E-state index contributed by atoms with van der Waals surface area (Å²) in [4.78, 5) is 30.7. The quantitative estimate of drug-likeness (QED) is 0.726. The number of rotatable bonds is 7. The molecule has 0 bridgehead atoms. The van der Waals surface area contributed by atoms with E-state index in [2.05, 4.69) is 10.1 Å². The van der Waals surface area contributed by atoms with Gasteiger partial charge in [0.15, 0.2) is 5.50 Å². The highest BCUT2D eigenvalue weighted by Crippen LogP contribution is 2.44. The number of aromatic nitrogens is 4. The minimum atomic E-state index is -4.29. The Hall–Kier alpha value is -2.76. The number of pyridine rings is 1. The van der Waals surface area contributed by atoms with Gasteiger partial charge in [0, 0.05) is 37.6 Å². The zero-order valence-electron chi connectivity index (χ0n) is 15.5. The molecule has 0 saturated carbocycles. The minimum Gasteiger partial charge on any atom is -0.365 e. The highest BCUT2D eigenvalue weighted by atomic mass is 32.2. The molecule has 3 heterocycles. The summed E-state index contributed by atoms with van der Waals surface area (Å²) in [7, 11) is 0. The number of alkyl halides is 3. The summed E-state index contributed by atoms with van der Waals surface area (Å²) in [5.74, 6) is -0.614. The first-order valence-corrected chi connectivity index (χ1v) is 9.59. The molecule has 1 aliphatic heterocycles. The van der Waals surface area contributed by atoms with Crippen molar-refractivity contribution in [3.63, 3.8) is 0 Å². The maximum absolute atomic E-state index is 12.7. The molecule has 8 nitrogen and oxygen atoms in total. The van der Waals surface area contributed by atoms with E-state index < -0.39 is 29.7 Å². The van der Waals surface area contributed by atoms with Crippen molar-refractivity contribution in [1.29, 1.82) is 0 Å². The van der Waals surface area contributed by atoms with Crippen molar-refractivity contribution in [3.05, 3.63) is 57.5 Å². The van der Waals surface area contributed by atoms with Gasteiger partial charge in [0.05, 0.1) is 4.91 Å². The lowest BCUT2D eigenvalue weighted by atomic mass is 10.2. The second-order valence-electron chi connectivity index (χ2n) is 6.47. The Labute approximate surface area is 168 Å².